The molecule has 0 bridgehead atoms. The molecule has 2 amide bonds. The molecule has 7 nitrogen and oxygen atoms in total. The lowest BCUT2D eigenvalue weighted by Crippen LogP contribution is -2.42. The molecule has 0 N–H and O–H groups in total. The fraction of sp³-hybridized carbons (Fsp3) is 0.286. The van der Waals surface area contributed by atoms with Crippen LogP contribution in [0.2, 0.25) is 5.02 Å². The van der Waals surface area contributed by atoms with Crippen molar-refractivity contribution in [2.75, 3.05) is 44.1 Å². The first kappa shape index (κ1) is 21.9. The molecule has 4 rings (SSSR count). The Kier molecular flexibility index (Phi) is 6.96. The number of methoxy groups -OCH3 is 1. The van der Waals surface area contributed by atoms with E-state index >= 15 is 0 Å². The van der Waals surface area contributed by atoms with Crippen LogP contribution in [0.3, 0.4) is 0 Å². The predicted molar refractivity (Wildman–Crippen MR) is 125 cm³/mol. The zero-order chi connectivity index (χ0) is 21.8. The van der Waals surface area contributed by atoms with Crippen molar-refractivity contribution in [1.82, 2.24) is 4.90 Å². The van der Waals surface area contributed by atoms with E-state index in [4.69, 9.17) is 21.1 Å². The topological polar surface area (TPSA) is 71.4 Å². The maximum absolute atomic E-state index is 13.2. The lowest BCUT2D eigenvalue weighted by atomic mass is 10.2. The van der Waals surface area contributed by atoms with Gasteiger partial charge in [-0.2, -0.15) is 0 Å². The first-order valence-corrected chi connectivity index (χ1v) is 11.8. The van der Waals surface area contributed by atoms with Crippen molar-refractivity contribution >= 4 is 63.4 Å². The van der Waals surface area contributed by atoms with Crippen molar-refractivity contribution in [3.05, 3.63) is 51.3 Å². The number of morpholine rings is 1. The Bertz CT molecular complexity index is 1030. The second-order valence-electron chi connectivity index (χ2n) is 6.68. The van der Waals surface area contributed by atoms with Gasteiger partial charge in [-0.25, -0.2) is 4.99 Å². The van der Waals surface area contributed by atoms with Gasteiger partial charge >= 0.3 is 0 Å². The highest BCUT2D eigenvalue weighted by Crippen LogP contribution is 2.34. The Morgan fingerprint density at radius 2 is 2.16 bits per heavy atom. The first-order valence-electron chi connectivity index (χ1n) is 9.57. The average molecular weight is 478 g/mol. The van der Waals surface area contributed by atoms with Crippen LogP contribution in [0.4, 0.5) is 5.69 Å². The Hall–Kier alpha value is -2.33. The van der Waals surface area contributed by atoms with Crippen LogP contribution in [0.15, 0.2) is 46.4 Å². The van der Waals surface area contributed by atoms with Gasteiger partial charge in [0.25, 0.3) is 5.91 Å². The van der Waals surface area contributed by atoms with E-state index in [0.717, 1.165) is 4.88 Å². The minimum absolute atomic E-state index is 0.00755. The molecule has 1 saturated heterocycles. The van der Waals surface area contributed by atoms with Gasteiger partial charge in [0, 0.05) is 18.0 Å². The fourth-order valence-electron chi connectivity index (χ4n) is 3.15. The second-order valence-corrected chi connectivity index (χ2v) is 9.01. The number of anilines is 1. The smallest absolute Gasteiger partial charge is 0.283 e. The number of amides is 2. The summed E-state index contributed by atoms with van der Waals surface area (Å²) in [7, 11) is 1.53. The molecule has 162 valence electrons. The molecule has 0 atom stereocenters. The standard InChI is InChI=1S/C21H20ClN3O4S2/c1-28-18-5-4-14(11-16(18)22)25-20(27)17(12-15-3-2-10-30-15)23-21(25)31-13-19(26)24-6-8-29-9-7-24/h2-5,10-12H,6-9,13H2,1H3/b17-12+. The summed E-state index contributed by atoms with van der Waals surface area (Å²) in [4.78, 5) is 34.5. The van der Waals surface area contributed by atoms with Crippen molar-refractivity contribution < 1.29 is 19.1 Å². The third-order valence-electron chi connectivity index (χ3n) is 4.73. The Balaban J connectivity index is 1.59. The number of halogens is 1. The normalized spacial score (nSPS) is 17.9. The molecule has 0 spiro atoms. The van der Waals surface area contributed by atoms with Crippen LogP contribution in [0.25, 0.3) is 6.08 Å². The van der Waals surface area contributed by atoms with Crippen molar-refractivity contribution in [3.8, 4) is 5.75 Å². The van der Waals surface area contributed by atoms with E-state index in [9.17, 15) is 9.59 Å². The van der Waals surface area contributed by atoms with Gasteiger partial charge in [-0.15, -0.1) is 11.3 Å². The quantitative estimate of drug-likeness (QED) is 0.613. The van der Waals surface area contributed by atoms with Crippen molar-refractivity contribution in [1.29, 1.82) is 0 Å². The van der Waals surface area contributed by atoms with Crippen LogP contribution in [0.5, 0.6) is 5.75 Å². The van der Waals surface area contributed by atoms with Crippen LogP contribution in [-0.2, 0) is 14.3 Å². The molecule has 2 aromatic rings. The molecule has 2 aliphatic rings. The number of carbonyl (C=O) groups is 2. The molecule has 1 fully saturated rings. The van der Waals surface area contributed by atoms with Crippen LogP contribution in [0.1, 0.15) is 4.88 Å². The van der Waals surface area contributed by atoms with Crippen molar-refractivity contribution in [3.63, 3.8) is 0 Å². The molecular weight excluding hydrogens is 458 g/mol. The van der Waals surface area contributed by atoms with E-state index in [-0.39, 0.29) is 17.6 Å². The zero-order valence-corrected chi connectivity index (χ0v) is 19.1. The van der Waals surface area contributed by atoms with Crippen molar-refractivity contribution in [2.45, 2.75) is 0 Å². The molecular formula is C21H20ClN3O4S2. The SMILES string of the molecule is COc1ccc(N2C(=O)/C(=C\c3cccs3)N=C2SCC(=O)N2CCOCC2)cc1Cl. The van der Waals surface area contributed by atoms with E-state index in [1.807, 2.05) is 17.5 Å². The Labute approximate surface area is 193 Å². The van der Waals surface area contributed by atoms with Crippen LogP contribution >= 0.6 is 34.7 Å². The lowest BCUT2D eigenvalue weighted by molar-refractivity contribution is -0.132. The van der Waals surface area contributed by atoms with Gasteiger partial charge in [0.15, 0.2) is 5.17 Å². The number of thiophene rings is 1. The van der Waals surface area contributed by atoms with E-state index < -0.39 is 0 Å². The molecule has 31 heavy (non-hydrogen) atoms. The molecule has 2 aliphatic heterocycles. The Morgan fingerprint density at radius 1 is 1.35 bits per heavy atom. The number of aliphatic imine (C=N–C) groups is 1. The highest BCUT2D eigenvalue weighted by atomic mass is 35.5. The molecule has 0 aliphatic carbocycles. The molecule has 3 heterocycles. The summed E-state index contributed by atoms with van der Waals surface area (Å²) in [5.41, 5.74) is 0.881. The van der Waals surface area contributed by atoms with E-state index in [0.29, 0.717) is 53.6 Å². The summed E-state index contributed by atoms with van der Waals surface area (Å²) >= 11 is 9.05. The number of hydrogen-bond acceptors (Lipinski definition) is 7. The minimum atomic E-state index is -0.268. The predicted octanol–water partition coefficient (Wildman–Crippen LogP) is 3.75. The lowest BCUT2D eigenvalue weighted by Gasteiger charge is -2.27. The third kappa shape index (κ3) is 4.95. The van der Waals surface area contributed by atoms with E-state index in [1.165, 1.54) is 35.1 Å². The number of rotatable bonds is 5. The number of hydrogen-bond donors (Lipinski definition) is 0. The van der Waals surface area contributed by atoms with Crippen LogP contribution in [-0.4, -0.2) is 61.0 Å². The summed E-state index contributed by atoms with van der Waals surface area (Å²) in [5.74, 6) is 0.418. The first-order chi connectivity index (χ1) is 15.1. The largest absolute Gasteiger partial charge is 0.495 e. The van der Waals surface area contributed by atoms with Gasteiger partial charge in [0.05, 0.1) is 36.8 Å². The van der Waals surface area contributed by atoms with Crippen LogP contribution < -0.4 is 9.64 Å². The third-order valence-corrected chi connectivity index (χ3v) is 6.77. The van der Waals surface area contributed by atoms with Gasteiger partial charge in [0.2, 0.25) is 5.91 Å². The van der Waals surface area contributed by atoms with Crippen molar-refractivity contribution in [2.24, 2.45) is 4.99 Å². The summed E-state index contributed by atoms with van der Waals surface area (Å²) in [6.45, 7) is 2.23. The maximum Gasteiger partial charge on any atom is 0.283 e. The molecule has 0 saturated carbocycles. The Morgan fingerprint density at radius 3 is 2.84 bits per heavy atom. The summed E-state index contributed by atoms with van der Waals surface area (Å²) in [6.07, 6.45) is 1.75. The van der Waals surface area contributed by atoms with Gasteiger partial charge in [-0.3, -0.25) is 14.5 Å². The van der Waals surface area contributed by atoms with Gasteiger partial charge in [-0.05, 0) is 35.7 Å². The van der Waals surface area contributed by atoms with Crippen LogP contribution in [0, 0.1) is 0 Å². The number of ether oxygens (including phenoxy) is 2. The highest BCUT2D eigenvalue weighted by Gasteiger charge is 2.33. The number of amidine groups is 1. The summed E-state index contributed by atoms with van der Waals surface area (Å²) in [5, 5.41) is 2.76. The maximum atomic E-state index is 13.2. The molecule has 0 radical (unpaired) electrons. The molecule has 1 aromatic heterocycles. The molecule has 10 heteroatoms. The van der Waals surface area contributed by atoms with Gasteiger partial charge in [-0.1, -0.05) is 29.4 Å². The fourth-order valence-corrected chi connectivity index (χ4v) is 4.97. The van der Waals surface area contributed by atoms with Gasteiger partial charge < -0.3 is 14.4 Å². The number of carbonyl (C=O) groups excluding carboxylic acids is 2. The molecule has 0 unspecified atom stereocenters. The van der Waals surface area contributed by atoms with E-state index in [2.05, 4.69) is 4.99 Å². The summed E-state index contributed by atoms with van der Waals surface area (Å²) < 4.78 is 10.5. The number of nitrogens with zero attached hydrogens (tertiary/aromatic N) is 3. The molecule has 1 aromatic carbocycles. The monoisotopic (exact) mass is 477 g/mol. The second kappa shape index (κ2) is 9.86. The number of thioether (sulfide) groups is 1. The number of benzene rings is 1. The average Bonchev–Trinajstić information content (AvgIpc) is 3.41. The highest BCUT2D eigenvalue weighted by molar-refractivity contribution is 8.14. The van der Waals surface area contributed by atoms with E-state index in [1.54, 1.807) is 29.2 Å². The summed E-state index contributed by atoms with van der Waals surface area (Å²) in [6, 6.07) is 8.94. The zero-order valence-electron chi connectivity index (χ0n) is 16.7. The minimum Gasteiger partial charge on any atom is -0.495 e. The van der Waals surface area contributed by atoms with Gasteiger partial charge in [0.1, 0.15) is 11.4 Å².